The summed E-state index contributed by atoms with van der Waals surface area (Å²) < 4.78 is 20.6. The van der Waals surface area contributed by atoms with Crippen molar-refractivity contribution in [3.05, 3.63) is 71.5 Å². The summed E-state index contributed by atoms with van der Waals surface area (Å²) in [6.45, 7) is 2.34. The largest absolute Gasteiger partial charge is 0.376 e. The van der Waals surface area contributed by atoms with Crippen LogP contribution in [0.2, 0.25) is 0 Å². The molecule has 1 amide bonds. The fraction of sp³-hybridized carbons (Fsp3) is 0.333. The molecule has 0 unspecified atom stereocenters. The third-order valence-electron chi connectivity index (χ3n) is 5.20. The highest BCUT2D eigenvalue weighted by Gasteiger charge is 2.48. The van der Waals surface area contributed by atoms with Gasteiger partial charge in [-0.15, -0.1) is 0 Å². The molecule has 2 aromatic rings. The van der Waals surface area contributed by atoms with Crippen LogP contribution >= 0.6 is 11.8 Å². The maximum absolute atomic E-state index is 14.7. The molecule has 1 fully saturated rings. The first kappa shape index (κ1) is 18.2. The van der Waals surface area contributed by atoms with Gasteiger partial charge in [-0.25, -0.2) is 9.38 Å². The molecule has 0 aromatic heterocycles. The summed E-state index contributed by atoms with van der Waals surface area (Å²) in [7, 11) is 0. The second-order valence-corrected chi connectivity index (χ2v) is 8.02. The van der Waals surface area contributed by atoms with Gasteiger partial charge >= 0.3 is 0 Å². The third kappa shape index (κ3) is 3.51. The molecular formula is C21H21FN2O2S. The lowest BCUT2D eigenvalue weighted by atomic mass is 9.75. The van der Waals surface area contributed by atoms with E-state index in [4.69, 9.17) is 9.73 Å². The molecule has 6 heteroatoms. The molecule has 1 saturated heterocycles. The van der Waals surface area contributed by atoms with Gasteiger partial charge in [-0.05, 0) is 31.5 Å². The van der Waals surface area contributed by atoms with Crippen LogP contribution in [-0.4, -0.2) is 29.5 Å². The number of carbonyl (C=O) groups is 1. The van der Waals surface area contributed by atoms with Gasteiger partial charge in [0.2, 0.25) is 0 Å². The number of halogens is 1. The number of carbonyl (C=O) groups excluding carboxylic acids is 1. The van der Waals surface area contributed by atoms with Crippen molar-refractivity contribution < 1.29 is 13.9 Å². The van der Waals surface area contributed by atoms with Crippen LogP contribution in [0.5, 0.6) is 0 Å². The van der Waals surface area contributed by atoms with E-state index in [0.29, 0.717) is 22.9 Å². The van der Waals surface area contributed by atoms with Crippen molar-refractivity contribution >= 4 is 22.8 Å². The minimum absolute atomic E-state index is 0.117. The number of fused-ring (bicyclic) bond motifs is 1. The number of amidine groups is 1. The van der Waals surface area contributed by atoms with Crippen LogP contribution in [0.3, 0.4) is 0 Å². The van der Waals surface area contributed by atoms with E-state index >= 15 is 0 Å². The molecule has 27 heavy (non-hydrogen) atoms. The minimum Gasteiger partial charge on any atom is -0.376 e. The normalized spacial score (nSPS) is 27.4. The van der Waals surface area contributed by atoms with Gasteiger partial charge < -0.3 is 10.1 Å². The topological polar surface area (TPSA) is 50.7 Å². The lowest BCUT2D eigenvalue weighted by molar-refractivity contribution is -0.0477. The standard InChI is InChI=1S/C21H21FN2O2S/c1-14-11-16-12-27-20(23-19(25)15-7-3-2-4-8-15)24-21(16,13-26-14)17-9-5-6-10-18(17)22/h2-10,14,16H,11-13H2,1H3,(H,23,24,25)/t14-,16-,21-/m0/s1. The Hall–Kier alpha value is -2.18. The van der Waals surface area contributed by atoms with E-state index in [-0.39, 0.29) is 23.7 Å². The van der Waals surface area contributed by atoms with Crippen LogP contribution in [0.15, 0.2) is 59.6 Å². The molecule has 2 aliphatic heterocycles. The van der Waals surface area contributed by atoms with Gasteiger partial charge in [-0.2, -0.15) is 0 Å². The number of aliphatic imine (C=N–C) groups is 1. The van der Waals surface area contributed by atoms with Crippen LogP contribution in [-0.2, 0) is 10.3 Å². The van der Waals surface area contributed by atoms with E-state index in [9.17, 15) is 9.18 Å². The number of thioether (sulfide) groups is 1. The Morgan fingerprint density at radius 2 is 1.96 bits per heavy atom. The van der Waals surface area contributed by atoms with Gasteiger partial charge in [0, 0.05) is 22.8 Å². The lowest BCUT2D eigenvalue weighted by Crippen LogP contribution is -2.50. The first-order valence-corrected chi connectivity index (χ1v) is 10.0. The Morgan fingerprint density at radius 1 is 1.22 bits per heavy atom. The summed E-state index contributed by atoms with van der Waals surface area (Å²) in [5, 5.41) is 3.40. The number of nitrogens with one attached hydrogen (secondary N) is 1. The fourth-order valence-electron chi connectivity index (χ4n) is 3.77. The van der Waals surface area contributed by atoms with E-state index < -0.39 is 5.54 Å². The summed E-state index contributed by atoms with van der Waals surface area (Å²) in [4.78, 5) is 17.4. The zero-order chi connectivity index (χ0) is 18.9. The van der Waals surface area contributed by atoms with E-state index in [0.717, 1.165) is 12.2 Å². The zero-order valence-electron chi connectivity index (χ0n) is 15.0. The predicted molar refractivity (Wildman–Crippen MR) is 105 cm³/mol. The number of benzene rings is 2. The molecule has 140 valence electrons. The van der Waals surface area contributed by atoms with Crippen molar-refractivity contribution in [1.29, 1.82) is 0 Å². The monoisotopic (exact) mass is 384 g/mol. The summed E-state index contributed by atoms with van der Waals surface area (Å²) in [6, 6.07) is 15.7. The SMILES string of the molecule is C[C@H]1C[C@H]2CSC(NC(=O)c3ccccc3)=N[C@@]2(c2ccccc2F)CO1. The first-order valence-electron chi connectivity index (χ1n) is 9.04. The van der Waals surface area contributed by atoms with E-state index in [1.165, 1.54) is 17.8 Å². The Bertz CT molecular complexity index is 873. The van der Waals surface area contributed by atoms with E-state index in [1.54, 1.807) is 24.3 Å². The summed E-state index contributed by atoms with van der Waals surface area (Å²) in [6.07, 6.45) is 0.927. The number of hydrogen-bond acceptors (Lipinski definition) is 4. The molecular weight excluding hydrogens is 363 g/mol. The Balaban J connectivity index is 1.69. The van der Waals surface area contributed by atoms with Crippen molar-refractivity contribution in [1.82, 2.24) is 5.32 Å². The van der Waals surface area contributed by atoms with Gasteiger partial charge in [0.15, 0.2) is 5.17 Å². The lowest BCUT2D eigenvalue weighted by Gasteiger charge is -2.46. The second-order valence-electron chi connectivity index (χ2n) is 7.01. The average molecular weight is 384 g/mol. The number of ether oxygens (including phenoxy) is 1. The van der Waals surface area contributed by atoms with Gasteiger partial charge in [-0.1, -0.05) is 48.2 Å². The molecule has 0 aliphatic carbocycles. The molecule has 0 radical (unpaired) electrons. The minimum atomic E-state index is -0.803. The summed E-state index contributed by atoms with van der Waals surface area (Å²) in [5.74, 6) is 0.412. The highest BCUT2D eigenvalue weighted by atomic mass is 32.2. The van der Waals surface area contributed by atoms with Gasteiger partial charge in [0.05, 0.1) is 12.7 Å². The van der Waals surface area contributed by atoms with Crippen LogP contribution in [0.25, 0.3) is 0 Å². The molecule has 3 atom stereocenters. The van der Waals surface area contributed by atoms with E-state index in [2.05, 4.69) is 5.32 Å². The molecule has 4 rings (SSSR count). The first-order chi connectivity index (χ1) is 13.1. The number of amides is 1. The highest BCUT2D eigenvalue weighted by molar-refractivity contribution is 8.13. The summed E-state index contributed by atoms with van der Waals surface area (Å²) in [5.41, 5.74) is 0.299. The number of rotatable bonds is 2. The Labute approximate surface area is 162 Å². The number of hydrogen-bond donors (Lipinski definition) is 1. The maximum atomic E-state index is 14.7. The second kappa shape index (κ2) is 7.44. The summed E-state index contributed by atoms with van der Waals surface area (Å²) >= 11 is 1.51. The molecule has 0 spiro atoms. The van der Waals surface area contributed by atoms with Crippen molar-refractivity contribution in [3.63, 3.8) is 0 Å². The van der Waals surface area contributed by atoms with Crippen LogP contribution < -0.4 is 5.32 Å². The van der Waals surface area contributed by atoms with Gasteiger partial charge in [-0.3, -0.25) is 4.79 Å². The molecule has 1 N–H and O–H groups in total. The van der Waals surface area contributed by atoms with Crippen LogP contribution in [0.4, 0.5) is 4.39 Å². The van der Waals surface area contributed by atoms with Crippen molar-refractivity contribution in [2.24, 2.45) is 10.9 Å². The molecule has 0 saturated carbocycles. The molecule has 0 bridgehead atoms. The Morgan fingerprint density at radius 3 is 2.74 bits per heavy atom. The smallest absolute Gasteiger partial charge is 0.257 e. The molecule has 2 aromatic carbocycles. The fourth-order valence-corrected chi connectivity index (χ4v) is 4.93. The van der Waals surface area contributed by atoms with E-state index in [1.807, 2.05) is 31.2 Å². The van der Waals surface area contributed by atoms with Gasteiger partial charge in [0.1, 0.15) is 11.4 Å². The van der Waals surface area contributed by atoms with Crippen molar-refractivity contribution in [2.45, 2.75) is 25.0 Å². The molecule has 2 heterocycles. The third-order valence-corrected chi connectivity index (χ3v) is 6.23. The van der Waals surface area contributed by atoms with Crippen molar-refractivity contribution in [3.8, 4) is 0 Å². The Kier molecular flexibility index (Phi) is 5.02. The van der Waals surface area contributed by atoms with Crippen molar-refractivity contribution in [2.75, 3.05) is 12.4 Å². The molecule has 2 aliphatic rings. The number of nitrogens with zero attached hydrogens (tertiary/aromatic N) is 1. The molecule has 4 nitrogen and oxygen atoms in total. The maximum Gasteiger partial charge on any atom is 0.257 e. The highest BCUT2D eigenvalue weighted by Crippen LogP contribution is 2.46. The van der Waals surface area contributed by atoms with Crippen LogP contribution in [0.1, 0.15) is 29.3 Å². The zero-order valence-corrected chi connectivity index (χ0v) is 15.8. The predicted octanol–water partition coefficient (Wildman–Crippen LogP) is 3.98. The quantitative estimate of drug-likeness (QED) is 0.852. The van der Waals surface area contributed by atoms with Gasteiger partial charge in [0.25, 0.3) is 5.91 Å². The van der Waals surface area contributed by atoms with Crippen LogP contribution in [0, 0.1) is 11.7 Å². The average Bonchev–Trinajstić information content (AvgIpc) is 2.69.